The maximum Gasteiger partial charge on any atom is 0.320 e. The Hall–Kier alpha value is -2.52. The summed E-state index contributed by atoms with van der Waals surface area (Å²) in [4.78, 5) is 25.1. The predicted octanol–water partition coefficient (Wildman–Crippen LogP) is 1.80. The lowest BCUT2D eigenvalue weighted by Crippen LogP contribution is -2.34. The Morgan fingerprint density at radius 1 is 1.43 bits per heavy atom. The van der Waals surface area contributed by atoms with Gasteiger partial charge in [-0.1, -0.05) is 5.92 Å². The number of carbonyl (C=O) groups is 2. The van der Waals surface area contributed by atoms with Crippen molar-refractivity contribution in [3.63, 3.8) is 0 Å². The van der Waals surface area contributed by atoms with E-state index in [1.807, 2.05) is 19.2 Å². The molecule has 1 rings (SSSR count). The number of allylic oxidation sites excluding steroid dienone is 1. The summed E-state index contributed by atoms with van der Waals surface area (Å²) in [5, 5.41) is 18.0. The van der Waals surface area contributed by atoms with Gasteiger partial charge >= 0.3 is 11.9 Å². The Bertz CT molecular complexity index is 625. The molecule has 0 aliphatic heterocycles. The smallest absolute Gasteiger partial charge is 0.320 e. The molecule has 0 radical (unpaired) electrons. The molecule has 5 N–H and O–H groups in total. The first-order chi connectivity index (χ1) is 10.9. The molecule has 6 heteroatoms. The number of H-pyrrole nitrogens is 1. The molecule has 23 heavy (non-hydrogen) atoms. The van der Waals surface area contributed by atoms with E-state index in [1.54, 1.807) is 6.08 Å². The van der Waals surface area contributed by atoms with Gasteiger partial charge in [0, 0.05) is 11.9 Å². The van der Waals surface area contributed by atoms with E-state index < -0.39 is 23.9 Å². The van der Waals surface area contributed by atoms with Crippen molar-refractivity contribution < 1.29 is 19.8 Å². The van der Waals surface area contributed by atoms with Gasteiger partial charge in [0.25, 0.3) is 0 Å². The molecule has 1 aromatic heterocycles. The minimum atomic E-state index is -1.18. The summed E-state index contributed by atoms with van der Waals surface area (Å²) in [7, 11) is 0. The first-order valence-electron chi connectivity index (χ1n) is 7.37. The Kier molecular flexibility index (Phi) is 7.10. The van der Waals surface area contributed by atoms with Crippen LogP contribution in [0.25, 0.3) is 6.08 Å². The summed E-state index contributed by atoms with van der Waals surface area (Å²) in [6.07, 6.45) is 12.2. The molecular formula is C17H22N2O4. The number of nitrogens with two attached hydrogens (primary N) is 1. The number of terminal acetylenes is 1. The summed E-state index contributed by atoms with van der Waals surface area (Å²) < 4.78 is 0. The van der Waals surface area contributed by atoms with E-state index in [0.29, 0.717) is 19.3 Å². The van der Waals surface area contributed by atoms with Gasteiger partial charge in [0.15, 0.2) is 0 Å². The standard InChI is InChI=1S/C17H22N2O4/c1-3-4-8-14-11(2)19-10-13(14)7-5-6-12(16(20)21)9-15(18)17(22)23/h1,4,8,10,12,15,19H,5-7,9,18H2,2H3,(H,20,21)(H,22,23)/b8-4-/t12?,15-/m0/s1. The normalized spacial score (nSPS) is 13.6. The zero-order chi connectivity index (χ0) is 17.4. The van der Waals surface area contributed by atoms with Crippen molar-refractivity contribution in [1.82, 2.24) is 4.98 Å². The van der Waals surface area contributed by atoms with Crippen LogP contribution in [0.15, 0.2) is 12.3 Å². The molecule has 0 aliphatic rings. The fourth-order valence-corrected chi connectivity index (χ4v) is 2.45. The highest BCUT2D eigenvalue weighted by Crippen LogP contribution is 2.20. The van der Waals surface area contributed by atoms with E-state index in [2.05, 4.69) is 10.9 Å². The number of aromatic nitrogens is 1. The zero-order valence-corrected chi connectivity index (χ0v) is 13.1. The van der Waals surface area contributed by atoms with Gasteiger partial charge in [0.2, 0.25) is 0 Å². The monoisotopic (exact) mass is 318 g/mol. The molecule has 0 spiro atoms. The van der Waals surface area contributed by atoms with Gasteiger partial charge in [0.1, 0.15) is 6.04 Å². The number of rotatable bonds is 9. The van der Waals surface area contributed by atoms with E-state index in [1.165, 1.54) is 0 Å². The van der Waals surface area contributed by atoms with E-state index in [-0.39, 0.29) is 6.42 Å². The molecule has 0 amide bonds. The molecule has 6 nitrogen and oxygen atoms in total. The third kappa shape index (κ3) is 5.64. The zero-order valence-electron chi connectivity index (χ0n) is 13.1. The number of nitrogens with one attached hydrogen (secondary N) is 1. The van der Waals surface area contributed by atoms with Crippen LogP contribution in [0.3, 0.4) is 0 Å². The van der Waals surface area contributed by atoms with Crippen molar-refractivity contribution in [2.45, 2.75) is 38.6 Å². The molecule has 1 heterocycles. The van der Waals surface area contributed by atoms with Gasteiger partial charge in [0.05, 0.1) is 5.92 Å². The number of aromatic amines is 1. The molecule has 0 saturated heterocycles. The fourth-order valence-electron chi connectivity index (χ4n) is 2.45. The van der Waals surface area contributed by atoms with Gasteiger partial charge in [-0.15, -0.1) is 6.42 Å². The van der Waals surface area contributed by atoms with Crippen molar-refractivity contribution in [1.29, 1.82) is 0 Å². The molecule has 0 aliphatic carbocycles. The topological polar surface area (TPSA) is 116 Å². The number of carboxylic acid groups (broad SMARTS) is 2. The predicted molar refractivity (Wildman–Crippen MR) is 87.7 cm³/mol. The quantitative estimate of drug-likeness (QED) is 0.518. The van der Waals surface area contributed by atoms with E-state index in [9.17, 15) is 14.7 Å². The lowest BCUT2D eigenvalue weighted by molar-refractivity contribution is -0.143. The Balaban J connectivity index is 2.64. The molecular weight excluding hydrogens is 296 g/mol. The first kappa shape index (κ1) is 18.5. The average molecular weight is 318 g/mol. The largest absolute Gasteiger partial charge is 0.481 e. The third-order valence-electron chi connectivity index (χ3n) is 3.76. The maximum absolute atomic E-state index is 11.2. The minimum absolute atomic E-state index is 0.0688. The van der Waals surface area contributed by atoms with E-state index in [4.69, 9.17) is 17.3 Å². The molecule has 0 saturated carbocycles. The number of carboxylic acids is 2. The minimum Gasteiger partial charge on any atom is -0.481 e. The van der Waals surface area contributed by atoms with Crippen LogP contribution in [0.2, 0.25) is 0 Å². The second-order valence-corrected chi connectivity index (χ2v) is 5.46. The van der Waals surface area contributed by atoms with Crippen molar-refractivity contribution in [3.05, 3.63) is 29.1 Å². The summed E-state index contributed by atoms with van der Waals surface area (Å²) in [6.45, 7) is 1.94. The highest BCUT2D eigenvalue weighted by molar-refractivity contribution is 5.75. The van der Waals surface area contributed by atoms with Crippen LogP contribution in [0.5, 0.6) is 0 Å². The van der Waals surface area contributed by atoms with Gasteiger partial charge in [-0.25, -0.2) is 0 Å². The molecule has 0 aromatic carbocycles. The third-order valence-corrected chi connectivity index (χ3v) is 3.76. The van der Waals surface area contributed by atoms with Gasteiger partial charge in [-0.05, 0) is 55.9 Å². The summed E-state index contributed by atoms with van der Waals surface area (Å²) in [5.41, 5.74) is 8.49. The van der Waals surface area contributed by atoms with Crippen LogP contribution in [0, 0.1) is 25.2 Å². The van der Waals surface area contributed by atoms with Crippen LogP contribution >= 0.6 is 0 Å². The Labute approximate surface area is 135 Å². The maximum atomic E-state index is 11.2. The van der Waals surface area contributed by atoms with Crippen LogP contribution in [0.1, 0.15) is 36.1 Å². The van der Waals surface area contributed by atoms with Crippen LogP contribution in [0.4, 0.5) is 0 Å². The van der Waals surface area contributed by atoms with Crippen molar-refractivity contribution in [2.75, 3.05) is 0 Å². The number of hydrogen-bond donors (Lipinski definition) is 4. The van der Waals surface area contributed by atoms with E-state index in [0.717, 1.165) is 16.8 Å². The van der Waals surface area contributed by atoms with Crippen LogP contribution in [-0.4, -0.2) is 33.2 Å². The Morgan fingerprint density at radius 2 is 2.13 bits per heavy atom. The van der Waals surface area contributed by atoms with Gasteiger partial charge < -0.3 is 20.9 Å². The van der Waals surface area contributed by atoms with Crippen LogP contribution < -0.4 is 5.73 Å². The lowest BCUT2D eigenvalue weighted by Gasteiger charge is -2.14. The molecule has 0 fully saturated rings. The summed E-state index contributed by atoms with van der Waals surface area (Å²) in [6, 6.07) is -1.15. The second kappa shape index (κ2) is 8.81. The summed E-state index contributed by atoms with van der Waals surface area (Å²) in [5.74, 6) is -0.514. The average Bonchev–Trinajstić information content (AvgIpc) is 2.84. The van der Waals surface area contributed by atoms with Crippen molar-refractivity contribution in [3.8, 4) is 12.3 Å². The number of aryl methyl sites for hydroxylation is 2. The molecule has 1 unspecified atom stereocenters. The molecule has 1 aromatic rings. The molecule has 2 atom stereocenters. The highest BCUT2D eigenvalue weighted by atomic mass is 16.4. The highest BCUT2D eigenvalue weighted by Gasteiger charge is 2.24. The fraction of sp³-hybridized carbons (Fsp3) is 0.412. The van der Waals surface area contributed by atoms with Gasteiger partial charge in [-0.2, -0.15) is 0 Å². The van der Waals surface area contributed by atoms with Crippen molar-refractivity contribution >= 4 is 18.0 Å². The lowest BCUT2D eigenvalue weighted by atomic mass is 9.93. The number of hydrogen-bond acceptors (Lipinski definition) is 3. The van der Waals surface area contributed by atoms with Crippen molar-refractivity contribution in [2.24, 2.45) is 11.7 Å². The molecule has 0 bridgehead atoms. The second-order valence-electron chi connectivity index (χ2n) is 5.46. The van der Waals surface area contributed by atoms with E-state index >= 15 is 0 Å². The SMILES string of the molecule is C#C/C=C\c1c(CCCC(C[C@H](N)C(=O)O)C(=O)O)c[nH]c1C. The van der Waals surface area contributed by atoms with Gasteiger partial charge in [-0.3, -0.25) is 9.59 Å². The van der Waals surface area contributed by atoms with Crippen LogP contribution in [-0.2, 0) is 16.0 Å². The summed E-state index contributed by atoms with van der Waals surface area (Å²) >= 11 is 0. The number of aliphatic carboxylic acids is 2. The Morgan fingerprint density at radius 3 is 2.70 bits per heavy atom. The molecule has 124 valence electrons. The first-order valence-corrected chi connectivity index (χ1v) is 7.37.